The molecule has 9 heteroatoms. The van der Waals surface area contributed by atoms with E-state index < -0.39 is 29.1 Å². The lowest BCUT2D eigenvalue weighted by Gasteiger charge is -2.33. The molecule has 36 heavy (non-hydrogen) atoms. The minimum atomic E-state index is -1.23. The molecule has 2 aromatic carbocycles. The molecule has 0 unspecified atom stereocenters. The van der Waals surface area contributed by atoms with Crippen LogP contribution in [0.3, 0.4) is 0 Å². The summed E-state index contributed by atoms with van der Waals surface area (Å²) in [5, 5.41) is 22.4. The van der Waals surface area contributed by atoms with Crippen LogP contribution in [0.1, 0.15) is 52.1 Å². The largest absolute Gasteiger partial charge is 0.477 e. The van der Waals surface area contributed by atoms with E-state index in [0.29, 0.717) is 29.8 Å². The van der Waals surface area contributed by atoms with E-state index in [9.17, 15) is 23.5 Å². The second-order valence-electron chi connectivity index (χ2n) is 8.21. The van der Waals surface area contributed by atoms with E-state index in [1.165, 1.54) is 18.3 Å². The number of carbonyl (C=O) groups is 2. The molecule has 1 aliphatic rings. The van der Waals surface area contributed by atoms with Gasteiger partial charge in [0.05, 0.1) is 0 Å². The fourth-order valence-corrected chi connectivity index (χ4v) is 3.83. The molecule has 1 fully saturated rings. The summed E-state index contributed by atoms with van der Waals surface area (Å²) in [5.41, 5.74) is -0.415. The quantitative estimate of drug-likeness (QED) is 0.435. The summed E-state index contributed by atoms with van der Waals surface area (Å²) in [4.78, 5) is 26.0. The van der Waals surface area contributed by atoms with Crippen molar-refractivity contribution in [2.24, 2.45) is 0 Å². The van der Waals surface area contributed by atoms with Gasteiger partial charge in [-0.1, -0.05) is 35.6 Å². The molecule has 6 nitrogen and oxygen atoms in total. The second kappa shape index (κ2) is 12.2. The Hall–Kier alpha value is -3.80. The van der Waals surface area contributed by atoms with Gasteiger partial charge in [-0.25, -0.2) is 18.6 Å². The highest BCUT2D eigenvalue weighted by atomic mass is 35.5. The van der Waals surface area contributed by atoms with E-state index in [1.54, 1.807) is 36.4 Å². The van der Waals surface area contributed by atoms with Crippen LogP contribution in [0.4, 0.5) is 8.78 Å². The number of nitrogens with one attached hydrogen (secondary N) is 1. The maximum Gasteiger partial charge on any atom is 0.354 e. The van der Waals surface area contributed by atoms with Crippen molar-refractivity contribution < 1.29 is 28.6 Å². The zero-order valence-corrected chi connectivity index (χ0v) is 19.8. The van der Waals surface area contributed by atoms with Crippen molar-refractivity contribution in [3.63, 3.8) is 0 Å². The maximum atomic E-state index is 13.3. The number of halogens is 3. The molecule has 1 saturated carbocycles. The molecule has 1 aliphatic carbocycles. The van der Waals surface area contributed by atoms with Gasteiger partial charge in [0.2, 0.25) is 0 Å². The number of aliphatic hydroxyl groups is 1. The molecule has 2 atom stereocenters. The number of aromatic carboxylic acids is 1. The van der Waals surface area contributed by atoms with Crippen molar-refractivity contribution in [3.8, 4) is 11.8 Å². The zero-order valence-electron chi connectivity index (χ0n) is 19.0. The van der Waals surface area contributed by atoms with Gasteiger partial charge >= 0.3 is 5.97 Å². The number of hydrogen-bond donors (Lipinski definition) is 3. The van der Waals surface area contributed by atoms with E-state index in [0.717, 1.165) is 12.1 Å². The molecule has 4 rings (SSSR count). The monoisotopic (exact) mass is 512 g/mol. The van der Waals surface area contributed by atoms with Gasteiger partial charge in [-0.2, -0.15) is 0 Å². The van der Waals surface area contributed by atoms with Crippen LogP contribution in [0.5, 0.6) is 0 Å². The Labute approximate surface area is 212 Å². The van der Waals surface area contributed by atoms with Gasteiger partial charge in [0.1, 0.15) is 11.3 Å². The van der Waals surface area contributed by atoms with E-state index in [1.807, 2.05) is 0 Å². The van der Waals surface area contributed by atoms with Crippen molar-refractivity contribution in [1.82, 2.24) is 10.3 Å². The Morgan fingerprint density at radius 1 is 1.08 bits per heavy atom. The highest BCUT2D eigenvalue weighted by molar-refractivity contribution is 6.30. The van der Waals surface area contributed by atoms with E-state index in [-0.39, 0.29) is 23.7 Å². The smallest absolute Gasteiger partial charge is 0.354 e. The van der Waals surface area contributed by atoms with Crippen LogP contribution in [0.15, 0.2) is 66.9 Å². The highest BCUT2D eigenvalue weighted by Gasteiger charge is 2.33. The molecule has 0 spiro atoms. The number of amides is 1. The van der Waals surface area contributed by atoms with Crippen molar-refractivity contribution in [2.45, 2.75) is 37.3 Å². The van der Waals surface area contributed by atoms with Crippen LogP contribution < -0.4 is 5.32 Å². The molecular weight excluding hydrogens is 490 g/mol. The summed E-state index contributed by atoms with van der Waals surface area (Å²) in [6, 6.07) is 14.5. The highest BCUT2D eigenvalue weighted by Crippen LogP contribution is 2.28. The molecule has 186 valence electrons. The first-order valence-electron chi connectivity index (χ1n) is 11.1. The Balaban J connectivity index is 0.000000338. The standard InChI is InChI=1S/C21H18ClF2NO2.C6H5NO2/c22-16-4-1-3-14(11-16)8-10-21(27)9-2-5-17(13-21)25-20(26)15-6-7-18(23)19(24)12-15;8-6(9)5-3-1-2-4-7-5/h1,3-4,6-7,11-12,17,27H,2,5,9,13H2,(H,25,26);1-4H,(H,8,9)/t17-,21+;/m1./s1. The number of benzene rings is 2. The lowest BCUT2D eigenvalue weighted by molar-refractivity contribution is 0.0452. The third-order valence-corrected chi connectivity index (χ3v) is 5.63. The minimum absolute atomic E-state index is 0.0352. The minimum Gasteiger partial charge on any atom is -0.477 e. The van der Waals surface area contributed by atoms with Crippen molar-refractivity contribution in [2.75, 3.05) is 0 Å². The average Bonchev–Trinajstić information content (AvgIpc) is 2.85. The molecule has 1 aromatic heterocycles. The van der Waals surface area contributed by atoms with E-state index in [2.05, 4.69) is 22.1 Å². The first-order valence-corrected chi connectivity index (χ1v) is 11.4. The van der Waals surface area contributed by atoms with Gasteiger partial charge in [-0.05, 0) is 67.8 Å². The summed E-state index contributed by atoms with van der Waals surface area (Å²) in [6.45, 7) is 0. The van der Waals surface area contributed by atoms with E-state index in [4.69, 9.17) is 16.7 Å². The van der Waals surface area contributed by atoms with E-state index >= 15 is 0 Å². The van der Waals surface area contributed by atoms with Crippen LogP contribution in [0.25, 0.3) is 0 Å². The summed E-state index contributed by atoms with van der Waals surface area (Å²) < 4.78 is 26.3. The molecule has 0 saturated heterocycles. The van der Waals surface area contributed by atoms with Gasteiger partial charge < -0.3 is 15.5 Å². The van der Waals surface area contributed by atoms with Crippen molar-refractivity contribution in [1.29, 1.82) is 0 Å². The normalized spacial score (nSPS) is 18.6. The van der Waals surface area contributed by atoms with Gasteiger partial charge in [-0.15, -0.1) is 0 Å². The molecule has 0 bridgehead atoms. The lowest BCUT2D eigenvalue weighted by Crippen LogP contribution is -2.45. The number of pyridine rings is 1. The summed E-state index contributed by atoms with van der Waals surface area (Å²) in [7, 11) is 0. The first kappa shape index (κ1) is 26.8. The third-order valence-electron chi connectivity index (χ3n) is 5.39. The van der Waals surface area contributed by atoms with Crippen molar-refractivity contribution >= 4 is 23.5 Å². The summed E-state index contributed by atoms with van der Waals surface area (Å²) in [5.74, 6) is 2.24. The van der Waals surface area contributed by atoms with Crippen LogP contribution in [-0.2, 0) is 0 Å². The second-order valence-corrected chi connectivity index (χ2v) is 8.64. The average molecular weight is 513 g/mol. The Bertz CT molecular complexity index is 1290. The van der Waals surface area contributed by atoms with Crippen LogP contribution in [-0.4, -0.2) is 38.7 Å². The fourth-order valence-electron chi connectivity index (χ4n) is 3.64. The fraction of sp³-hybridized carbons (Fsp3) is 0.222. The number of hydrogen-bond acceptors (Lipinski definition) is 4. The number of carboxylic acids is 1. The summed E-state index contributed by atoms with van der Waals surface area (Å²) >= 11 is 5.93. The molecule has 1 amide bonds. The zero-order chi connectivity index (χ0) is 26.1. The third kappa shape index (κ3) is 7.87. The number of carboxylic acid groups (broad SMARTS) is 1. The maximum absolute atomic E-state index is 13.3. The Morgan fingerprint density at radius 2 is 1.89 bits per heavy atom. The number of aromatic nitrogens is 1. The van der Waals surface area contributed by atoms with Gasteiger partial charge in [0.15, 0.2) is 11.6 Å². The van der Waals surface area contributed by atoms with Crippen molar-refractivity contribution in [3.05, 3.63) is 100 Å². The number of carbonyl (C=O) groups excluding carboxylic acids is 1. The summed E-state index contributed by atoms with van der Waals surface area (Å²) in [6.07, 6.45) is 3.57. The molecular formula is C27H23ClF2N2O4. The molecule has 1 heterocycles. The molecule has 3 N–H and O–H groups in total. The van der Waals surface area contributed by atoms with Gasteiger partial charge in [0, 0.05) is 34.8 Å². The Kier molecular flexibility index (Phi) is 9.12. The first-order chi connectivity index (χ1) is 17.1. The SMILES string of the molecule is O=C(N[C@@H]1CCC[C@](O)(C#Cc2cccc(Cl)c2)C1)c1ccc(F)c(F)c1.O=C(O)c1ccccn1. The number of rotatable bonds is 3. The Morgan fingerprint density at radius 3 is 2.53 bits per heavy atom. The van der Waals surface area contributed by atoms with Gasteiger partial charge in [-0.3, -0.25) is 4.79 Å². The molecule has 0 radical (unpaired) electrons. The van der Waals surface area contributed by atoms with Crippen LogP contribution >= 0.6 is 11.6 Å². The lowest BCUT2D eigenvalue weighted by atomic mass is 9.82. The number of nitrogens with zero attached hydrogens (tertiary/aromatic N) is 1. The van der Waals surface area contributed by atoms with Crippen LogP contribution in [0.2, 0.25) is 5.02 Å². The van der Waals surface area contributed by atoms with Gasteiger partial charge in [0.25, 0.3) is 5.91 Å². The molecule has 0 aliphatic heterocycles. The predicted octanol–water partition coefficient (Wildman–Crippen LogP) is 4.85. The molecule has 3 aromatic rings. The predicted molar refractivity (Wildman–Crippen MR) is 131 cm³/mol. The van der Waals surface area contributed by atoms with Crippen LogP contribution in [0, 0.1) is 23.5 Å². The topological polar surface area (TPSA) is 99.5 Å².